The van der Waals surface area contributed by atoms with Crippen molar-refractivity contribution in [1.82, 2.24) is 4.90 Å². The number of amides is 3. The summed E-state index contributed by atoms with van der Waals surface area (Å²) in [6.07, 6.45) is 1.87. The molecule has 1 atom stereocenters. The Morgan fingerprint density at radius 2 is 1.72 bits per heavy atom. The second kappa shape index (κ2) is 8.83. The van der Waals surface area contributed by atoms with Gasteiger partial charge in [-0.15, -0.1) is 11.8 Å². The van der Waals surface area contributed by atoms with Crippen molar-refractivity contribution in [2.45, 2.75) is 34.8 Å². The van der Waals surface area contributed by atoms with Gasteiger partial charge in [0.15, 0.2) is 5.25 Å². The van der Waals surface area contributed by atoms with Gasteiger partial charge in [-0.25, -0.2) is 8.42 Å². The van der Waals surface area contributed by atoms with E-state index in [1.807, 2.05) is 0 Å². The summed E-state index contributed by atoms with van der Waals surface area (Å²) < 4.78 is 28.1. The normalized spacial score (nSPS) is 18.0. The fraction of sp³-hybridized carbons (Fsp3) is 0.286. The Bertz CT molecular complexity index is 1180. The molecule has 0 bridgehead atoms. The molecule has 168 valence electrons. The Morgan fingerprint density at radius 3 is 2.38 bits per heavy atom. The first-order chi connectivity index (χ1) is 15.2. The molecule has 0 aliphatic carbocycles. The van der Waals surface area contributed by atoms with Gasteiger partial charge in [0, 0.05) is 36.3 Å². The topological polar surface area (TPSA) is 125 Å². The van der Waals surface area contributed by atoms with Crippen LogP contribution in [-0.2, 0) is 24.4 Å². The largest absolute Gasteiger partial charge is 0.341 e. The fourth-order valence-corrected chi connectivity index (χ4v) is 5.70. The third-order valence-electron chi connectivity index (χ3n) is 5.10. The number of likely N-dealkylation sites (tertiary alicyclic amines) is 1. The Labute approximate surface area is 190 Å². The van der Waals surface area contributed by atoms with E-state index in [9.17, 15) is 22.8 Å². The quantitative estimate of drug-likeness (QED) is 0.572. The van der Waals surface area contributed by atoms with Crippen LogP contribution in [0.15, 0.2) is 52.3 Å². The number of hydrogen-bond acceptors (Lipinski definition) is 6. The van der Waals surface area contributed by atoms with Gasteiger partial charge < -0.3 is 15.5 Å². The first kappa shape index (κ1) is 22.2. The molecule has 0 saturated carbocycles. The number of nitrogens with zero attached hydrogens (tertiary/aromatic N) is 1. The van der Waals surface area contributed by atoms with Gasteiger partial charge in [0.25, 0.3) is 10.0 Å². The number of sulfonamides is 1. The standard InChI is InChI=1S/C21H22N4O5S2/c1-13(26)22-14-4-6-15(7-5-14)24-32(29,30)16-8-9-18-17(12-16)23-20(27)19(31-18)21(28)25-10-2-3-11-25/h4-9,12,19,24H,2-3,10-11H2,1H3,(H,22,26)(H,23,27). The third-order valence-corrected chi connectivity index (χ3v) is 7.74. The van der Waals surface area contributed by atoms with E-state index in [2.05, 4.69) is 15.4 Å². The maximum Gasteiger partial charge on any atom is 0.261 e. The lowest BCUT2D eigenvalue weighted by Gasteiger charge is -2.27. The molecule has 3 amide bonds. The van der Waals surface area contributed by atoms with Crippen molar-refractivity contribution in [3.63, 3.8) is 0 Å². The lowest BCUT2D eigenvalue weighted by atomic mass is 10.2. The number of rotatable bonds is 5. The summed E-state index contributed by atoms with van der Waals surface area (Å²) in [7, 11) is -3.92. The molecule has 9 nitrogen and oxygen atoms in total. The summed E-state index contributed by atoms with van der Waals surface area (Å²) >= 11 is 1.14. The van der Waals surface area contributed by atoms with Gasteiger partial charge in [-0.2, -0.15) is 0 Å². The SMILES string of the molecule is CC(=O)Nc1ccc(NS(=O)(=O)c2ccc3c(c2)NC(=O)C(C(=O)N2CCCC2)S3)cc1. The highest BCUT2D eigenvalue weighted by atomic mass is 32.2. The highest BCUT2D eigenvalue weighted by Crippen LogP contribution is 2.38. The monoisotopic (exact) mass is 474 g/mol. The van der Waals surface area contributed by atoms with E-state index in [1.54, 1.807) is 23.1 Å². The summed E-state index contributed by atoms with van der Waals surface area (Å²) in [6, 6.07) is 10.7. The summed E-state index contributed by atoms with van der Waals surface area (Å²) in [4.78, 5) is 38.6. The molecule has 2 aliphatic rings. The maximum absolute atomic E-state index is 12.8. The van der Waals surface area contributed by atoms with Crippen LogP contribution in [0.3, 0.4) is 0 Å². The number of nitrogens with one attached hydrogen (secondary N) is 3. The lowest BCUT2D eigenvalue weighted by Crippen LogP contribution is -2.43. The minimum absolute atomic E-state index is 0.0209. The van der Waals surface area contributed by atoms with Crippen LogP contribution < -0.4 is 15.4 Å². The van der Waals surface area contributed by atoms with Crippen LogP contribution in [0.5, 0.6) is 0 Å². The van der Waals surface area contributed by atoms with Crippen molar-refractivity contribution in [2.24, 2.45) is 0 Å². The number of thioether (sulfide) groups is 1. The van der Waals surface area contributed by atoms with Crippen LogP contribution in [0.1, 0.15) is 19.8 Å². The minimum atomic E-state index is -3.92. The van der Waals surface area contributed by atoms with Crippen LogP contribution >= 0.6 is 11.8 Å². The molecule has 32 heavy (non-hydrogen) atoms. The van der Waals surface area contributed by atoms with Gasteiger partial charge in [0.2, 0.25) is 17.7 Å². The number of fused-ring (bicyclic) bond motifs is 1. The number of carbonyl (C=O) groups is 3. The van der Waals surface area contributed by atoms with E-state index in [0.717, 1.165) is 24.6 Å². The number of benzene rings is 2. The van der Waals surface area contributed by atoms with Crippen molar-refractivity contribution in [2.75, 3.05) is 28.4 Å². The van der Waals surface area contributed by atoms with Gasteiger partial charge in [0.1, 0.15) is 0 Å². The van der Waals surface area contributed by atoms with E-state index in [1.165, 1.54) is 31.2 Å². The molecule has 0 aromatic heterocycles. The molecule has 3 N–H and O–H groups in total. The fourth-order valence-electron chi connectivity index (χ4n) is 3.56. The van der Waals surface area contributed by atoms with Crippen molar-refractivity contribution in [1.29, 1.82) is 0 Å². The summed E-state index contributed by atoms with van der Waals surface area (Å²) in [6.45, 7) is 2.70. The molecule has 0 spiro atoms. The van der Waals surface area contributed by atoms with E-state index in [-0.39, 0.29) is 16.7 Å². The molecule has 2 aromatic carbocycles. The molecule has 1 saturated heterocycles. The Hall–Kier alpha value is -3.05. The predicted octanol–water partition coefficient (Wildman–Crippen LogP) is 2.48. The van der Waals surface area contributed by atoms with E-state index < -0.39 is 21.2 Å². The van der Waals surface area contributed by atoms with Crippen molar-refractivity contribution < 1.29 is 22.8 Å². The molecule has 2 aliphatic heterocycles. The second-order valence-electron chi connectivity index (χ2n) is 7.54. The smallest absolute Gasteiger partial charge is 0.261 e. The van der Waals surface area contributed by atoms with Crippen LogP contribution in [0.2, 0.25) is 0 Å². The Morgan fingerprint density at radius 1 is 1.06 bits per heavy atom. The molecule has 2 aromatic rings. The van der Waals surface area contributed by atoms with Gasteiger partial charge in [0.05, 0.1) is 10.6 Å². The molecule has 1 fully saturated rings. The lowest BCUT2D eigenvalue weighted by molar-refractivity contribution is -0.133. The molecular weight excluding hydrogens is 452 g/mol. The van der Waals surface area contributed by atoms with Crippen LogP contribution in [-0.4, -0.2) is 49.4 Å². The summed E-state index contributed by atoms with van der Waals surface area (Å²) in [5.74, 6) is -0.885. The van der Waals surface area contributed by atoms with Crippen molar-refractivity contribution >= 4 is 56.6 Å². The number of hydrogen-bond donors (Lipinski definition) is 3. The second-order valence-corrected chi connectivity index (χ2v) is 10.4. The molecule has 0 radical (unpaired) electrons. The highest BCUT2D eigenvalue weighted by Gasteiger charge is 2.37. The zero-order chi connectivity index (χ0) is 22.9. The maximum atomic E-state index is 12.8. The number of anilines is 3. The molecule has 2 heterocycles. The molecular formula is C21H22N4O5S2. The average Bonchev–Trinajstić information content (AvgIpc) is 3.28. The Balaban J connectivity index is 1.50. The van der Waals surface area contributed by atoms with Crippen LogP contribution in [0, 0.1) is 0 Å². The molecule has 1 unspecified atom stereocenters. The number of carbonyl (C=O) groups excluding carboxylic acids is 3. The first-order valence-electron chi connectivity index (χ1n) is 10.0. The van der Waals surface area contributed by atoms with E-state index in [4.69, 9.17) is 0 Å². The predicted molar refractivity (Wildman–Crippen MR) is 122 cm³/mol. The van der Waals surface area contributed by atoms with E-state index in [0.29, 0.717) is 35.0 Å². The van der Waals surface area contributed by atoms with E-state index >= 15 is 0 Å². The zero-order valence-corrected chi connectivity index (χ0v) is 18.9. The Kier molecular flexibility index (Phi) is 6.11. The van der Waals surface area contributed by atoms with Crippen LogP contribution in [0.4, 0.5) is 17.1 Å². The van der Waals surface area contributed by atoms with Crippen LogP contribution in [0.25, 0.3) is 0 Å². The zero-order valence-electron chi connectivity index (χ0n) is 17.3. The first-order valence-corrected chi connectivity index (χ1v) is 12.4. The van der Waals surface area contributed by atoms with Crippen molar-refractivity contribution in [3.8, 4) is 0 Å². The summed E-state index contributed by atoms with van der Waals surface area (Å²) in [5, 5.41) is 4.41. The molecule has 11 heteroatoms. The average molecular weight is 475 g/mol. The summed E-state index contributed by atoms with van der Waals surface area (Å²) in [5.41, 5.74) is 1.23. The van der Waals surface area contributed by atoms with Gasteiger partial charge in [-0.05, 0) is 55.3 Å². The third kappa shape index (κ3) is 4.73. The van der Waals surface area contributed by atoms with Gasteiger partial charge >= 0.3 is 0 Å². The molecule has 4 rings (SSSR count). The minimum Gasteiger partial charge on any atom is -0.341 e. The highest BCUT2D eigenvalue weighted by molar-refractivity contribution is 8.01. The van der Waals surface area contributed by atoms with Gasteiger partial charge in [-0.1, -0.05) is 0 Å². The van der Waals surface area contributed by atoms with Crippen molar-refractivity contribution in [3.05, 3.63) is 42.5 Å². The van der Waals surface area contributed by atoms with Gasteiger partial charge in [-0.3, -0.25) is 19.1 Å².